The first-order chi connectivity index (χ1) is 10.4. The predicted molar refractivity (Wildman–Crippen MR) is 95.0 cm³/mol. The second kappa shape index (κ2) is 5.68. The fourth-order valence-electron chi connectivity index (χ4n) is 2.96. The normalized spacial score (nSPS) is 17.6. The molecule has 1 aliphatic rings. The molecule has 0 saturated carbocycles. The van der Waals surface area contributed by atoms with E-state index >= 15 is 0 Å². The summed E-state index contributed by atoms with van der Waals surface area (Å²) < 4.78 is 0. The molecule has 1 unspecified atom stereocenters. The summed E-state index contributed by atoms with van der Waals surface area (Å²) in [7, 11) is 0. The molecule has 2 aromatic carbocycles. The van der Waals surface area contributed by atoms with Gasteiger partial charge in [0, 0.05) is 21.6 Å². The van der Waals surface area contributed by atoms with Gasteiger partial charge in [0.05, 0.1) is 4.83 Å². The van der Waals surface area contributed by atoms with Crippen LogP contribution in [0.3, 0.4) is 0 Å². The average Bonchev–Trinajstić information content (AvgIpc) is 2.50. The molecule has 1 nitrogen and oxygen atoms in total. The fourth-order valence-corrected chi connectivity index (χ4v) is 3.79. The van der Waals surface area contributed by atoms with Gasteiger partial charge in [-0.05, 0) is 23.3 Å². The number of carbonyl (C=O) groups excluding carboxylic acids is 1. The van der Waals surface area contributed by atoms with E-state index in [0.29, 0.717) is 5.02 Å². The molecule has 0 N–H and O–H groups in total. The molecule has 0 amide bonds. The molecule has 0 aromatic heterocycles. The van der Waals surface area contributed by atoms with Gasteiger partial charge in [0.15, 0.2) is 5.78 Å². The van der Waals surface area contributed by atoms with E-state index in [-0.39, 0.29) is 16.0 Å². The molecular weight excluding hydrogens is 360 g/mol. The van der Waals surface area contributed by atoms with Crippen molar-refractivity contribution in [2.45, 2.75) is 24.1 Å². The second-order valence-corrected chi connectivity index (χ2v) is 7.47. The minimum atomic E-state index is -0.176. The van der Waals surface area contributed by atoms with Crippen LogP contribution in [-0.2, 0) is 5.41 Å². The van der Waals surface area contributed by atoms with E-state index < -0.39 is 0 Å². The number of hydrogen-bond donors (Lipinski definition) is 0. The molecule has 0 aliphatic heterocycles. The summed E-state index contributed by atoms with van der Waals surface area (Å²) in [5.74, 6) is 0.0803. The van der Waals surface area contributed by atoms with Crippen LogP contribution in [0.15, 0.2) is 60.2 Å². The van der Waals surface area contributed by atoms with Crippen molar-refractivity contribution in [3.8, 4) is 0 Å². The highest BCUT2D eigenvalue weighted by Gasteiger charge is 2.34. The Kier molecular flexibility index (Phi) is 4.00. The van der Waals surface area contributed by atoms with Crippen LogP contribution < -0.4 is 0 Å². The number of rotatable bonds is 2. The lowest BCUT2D eigenvalue weighted by atomic mass is 9.73. The Bertz CT molecular complexity index is 777. The van der Waals surface area contributed by atoms with Gasteiger partial charge in [-0.2, -0.15) is 0 Å². The van der Waals surface area contributed by atoms with Crippen molar-refractivity contribution >= 4 is 33.3 Å². The second-order valence-electron chi connectivity index (χ2n) is 6.11. The van der Waals surface area contributed by atoms with Crippen molar-refractivity contribution in [2.75, 3.05) is 0 Å². The smallest absolute Gasteiger partial charge is 0.190 e. The summed E-state index contributed by atoms with van der Waals surface area (Å²) in [6, 6.07) is 15.4. The summed E-state index contributed by atoms with van der Waals surface area (Å²) in [6.07, 6.45) is 2.07. The average molecular weight is 376 g/mol. The van der Waals surface area contributed by atoms with Crippen molar-refractivity contribution in [3.05, 3.63) is 81.9 Å². The lowest BCUT2D eigenvalue weighted by molar-refractivity contribution is 0.102. The number of ketones is 1. The molecule has 3 heteroatoms. The van der Waals surface area contributed by atoms with Gasteiger partial charge in [0.25, 0.3) is 0 Å². The van der Waals surface area contributed by atoms with Crippen molar-refractivity contribution in [1.29, 1.82) is 0 Å². The van der Waals surface area contributed by atoms with Crippen LogP contribution in [0, 0.1) is 0 Å². The monoisotopic (exact) mass is 374 g/mol. The lowest BCUT2D eigenvalue weighted by Gasteiger charge is -2.31. The first kappa shape index (κ1) is 15.5. The van der Waals surface area contributed by atoms with Crippen LogP contribution >= 0.6 is 27.5 Å². The molecule has 1 atom stereocenters. The molecule has 0 saturated heterocycles. The van der Waals surface area contributed by atoms with Crippen LogP contribution in [0.5, 0.6) is 0 Å². The molecule has 22 heavy (non-hydrogen) atoms. The van der Waals surface area contributed by atoms with Crippen LogP contribution in [0.2, 0.25) is 5.02 Å². The zero-order valence-electron chi connectivity index (χ0n) is 12.4. The van der Waals surface area contributed by atoms with Gasteiger partial charge in [-0.25, -0.2) is 0 Å². The number of allylic oxidation sites excluding steroid dienone is 2. The Morgan fingerprint density at radius 1 is 1.09 bits per heavy atom. The van der Waals surface area contributed by atoms with Gasteiger partial charge < -0.3 is 0 Å². The Morgan fingerprint density at radius 3 is 2.55 bits per heavy atom. The van der Waals surface area contributed by atoms with Crippen LogP contribution in [0.25, 0.3) is 0 Å². The Morgan fingerprint density at radius 2 is 1.82 bits per heavy atom. The van der Waals surface area contributed by atoms with E-state index in [2.05, 4.69) is 35.9 Å². The zero-order valence-corrected chi connectivity index (χ0v) is 14.8. The van der Waals surface area contributed by atoms with E-state index in [1.165, 1.54) is 0 Å². The maximum Gasteiger partial charge on any atom is 0.190 e. The first-order valence-electron chi connectivity index (χ1n) is 7.16. The standard InChI is InChI=1S/C19H16BrClO/c1-19(2)11-15(17(20)12-6-5-7-13(21)10-12)18(22)14-8-3-4-9-16(14)19/h3-11,17H,1-2H3. The third kappa shape index (κ3) is 2.66. The molecule has 0 bridgehead atoms. The van der Waals surface area contributed by atoms with Gasteiger partial charge >= 0.3 is 0 Å². The summed E-state index contributed by atoms with van der Waals surface area (Å²) in [6.45, 7) is 4.27. The van der Waals surface area contributed by atoms with Crippen LogP contribution in [0.1, 0.15) is 40.2 Å². The first-order valence-corrected chi connectivity index (χ1v) is 8.46. The van der Waals surface area contributed by atoms with Gasteiger partial charge in [-0.15, -0.1) is 0 Å². The number of alkyl halides is 1. The van der Waals surface area contributed by atoms with Crippen molar-refractivity contribution in [1.82, 2.24) is 0 Å². The number of Topliss-reactive ketones (excluding diaryl/α,β-unsaturated/α-hetero) is 1. The Labute approximate surface area is 144 Å². The minimum absolute atomic E-state index is 0.0803. The Hall–Kier alpha value is -1.38. The van der Waals surface area contributed by atoms with E-state index in [9.17, 15) is 4.79 Å². The quantitative estimate of drug-likeness (QED) is 0.599. The summed E-state index contributed by atoms with van der Waals surface area (Å²) in [5.41, 5.74) is 3.45. The molecule has 0 radical (unpaired) electrons. The highest BCUT2D eigenvalue weighted by molar-refractivity contribution is 9.09. The summed E-state index contributed by atoms with van der Waals surface area (Å²) >= 11 is 9.75. The van der Waals surface area contributed by atoms with Gasteiger partial charge in [-0.1, -0.05) is 83.9 Å². The van der Waals surface area contributed by atoms with Gasteiger partial charge in [0.1, 0.15) is 0 Å². The molecule has 112 valence electrons. The summed E-state index contributed by atoms with van der Waals surface area (Å²) in [5, 5.41) is 0.672. The molecule has 0 heterocycles. The fraction of sp³-hybridized carbons (Fsp3) is 0.211. The molecule has 0 fully saturated rings. The number of carbonyl (C=O) groups is 1. The maximum absolute atomic E-state index is 12.9. The number of fused-ring (bicyclic) bond motifs is 1. The predicted octanol–water partition coefficient (Wildman–Crippen LogP) is 5.88. The van der Waals surface area contributed by atoms with Crippen LogP contribution in [0.4, 0.5) is 0 Å². The van der Waals surface area contributed by atoms with Crippen molar-refractivity contribution in [2.24, 2.45) is 0 Å². The van der Waals surface area contributed by atoms with E-state index in [0.717, 1.165) is 22.3 Å². The zero-order chi connectivity index (χ0) is 15.9. The molecule has 1 aliphatic carbocycles. The number of halogens is 2. The third-order valence-corrected chi connectivity index (χ3v) is 5.32. The van der Waals surface area contributed by atoms with E-state index in [1.54, 1.807) is 0 Å². The number of hydrogen-bond acceptors (Lipinski definition) is 1. The van der Waals surface area contributed by atoms with Crippen molar-refractivity contribution in [3.63, 3.8) is 0 Å². The number of benzene rings is 2. The molecular formula is C19H16BrClO. The largest absolute Gasteiger partial charge is 0.289 e. The van der Waals surface area contributed by atoms with Crippen LogP contribution in [-0.4, -0.2) is 5.78 Å². The highest BCUT2D eigenvalue weighted by atomic mass is 79.9. The van der Waals surface area contributed by atoms with E-state index in [1.807, 2.05) is 48.5 Å². The topological polar surface area (TPSA) is 17.1 Å². The molecule has 3 rings (SSSR count). The maximum atomic E-state index is 12.9. The third-order valence-electron chi connectivity index (χ3n) is 4.06. The molecule has 2 aromatic rings. The van der Waals surface area contributed by atoms with Gasteiger partial charge in [0.2, 0.25) is 0 Å². The minimum Gasteiger partial charge on any atom is -0.289 e. The SMILES string of the molecule is CC1(C)C=C(C(Br)c2cccc(Cl)c2)C(=O)c2ccccc21. The molecule has 0 spiro atoms. The van der Waals surface area contributed by atoms with E-state index in [4.69, 9.17) is 11.6 Å². The Balaban J connectivity index is 2.09. The lowest BCUT2D eigenvalue weighted by Crippen LogP contribution is -2.27. The highest BCUT2D eigenvalue weighted by Crippen LogP contribution is 2.42. The van der Waals surface area contributed by atoms with Crippen molar-refractivity contribution < 1.29 is 4.79 Å². The summed E-state index contributed by atoms with van der Waals surface area (Å²) in [4.78, 5) is 12.7. The van der Waals surface area contributed by atoms with Gasteiger partial charge in [-0.3, -0.25) is 4.79 Å².